The lowest BCUT2D eigenvalue weighted by atomic mass is 9.96. The van der Waals surface area contributed by atoms with Crippen molar-refractivity contribution in [2.24, 2.45) is 0 Å². The van der Waals surface area contributed by atoms with Crippen LogP contribution in [0.3, 0.4) is 0 Å². The van der Waals surface area contributed by atoms with Gasteiger partial charge in [-0.05, 0) is 13.8 Å². The molecule has 1 N–H and O–H groups in total. The second-order valence-electron chi connectivity index (χ2n) is 3.35. The molecule has 5 heteroatoms. The largest absolute Gasteiger partial charge is 0.475 e. The lowest BCUT2D eigenvalue weighted by Gasteiger charge is -2.14. The molecule has 0 fully saturated rings. The number of carbonyl (C=O) groups is 1. The van der Waals surface area contributed by atoms with Crippen molar-refractivity contribution in [2.45, 2.75) is 19.3 Å². The number of hydrogen-bond acceptors (Lipinski definition) is 3. The van der Waals surface area contributed by atoms with Gasteiger partial charge in [0.25, 0.3) is 0 Å². The van der Waals surface area contributed by atoms with Crippen molar-refractivity contribution in [1.29, 1.82) is 0 Å². The average Bonchev–Trinajstić information content (AvgIpc) is 2.52. The van der Waals surface area contributed by atoms with Crippen LogP contribution in [0.5, 0.6) is 0 Å². The van der Waals surface area contributed by atoms with Crippen molar-refractivity contribution >= 4 is 5.97 Å². The minimum atomic E-state index is -1.20. The molecule has 0 aliphatic carbocycles. The van der Waals surface area contributed by atoms with Gasteiger partial charge in [-0.3, -0.25) is 0 Å². The van der Waals surface area contributed by atoms with Crippen molar-refractivity contribution in [1.82, 2.24) is 4.98 Å². The highest BCUT2D eigenvalue weighted by atomic mass is 19.1. The maximum Gasteiger partial charge on any atom is 0.373 e. The van der Waals surface area contributed by atoms with Crippen LogP contribution in [-0.4, -0.2) is 22.7 Å². The Hall–Kier alpha value is -1.39. The monoisotopic (exact) mass is 187 g/mol. The Kier molecular flexibility index (Phi) is 2.36. The van der Waals surface area contributed by atoms with Gasteiger partial charge in [-0.15, -0.1) is 0 Å². The zero-order valence-corrected chi connectivity index (χ0v) is 7.37. The van der Waals surface area contributed by atoms with Gasteiger partial charge in [0.2, 0.25) is 11.7 Å². The van der Waals surface area contributed by atoms with Gasteiger partial charge in [-0.2, -0.15) is 0 Å². The summed E-state index contributed by atoms with van der Waals surface area (Å²) in [6.45, 7) is 2.53. The van der Waals surface area contributed by atoms with E-state index in [2.05, 4.69) is 4.98 Å². The lowest BCUT2D eigenvalue weighted by Crippen LogP contribution is -2.19. The maximum atomic E-state index is 12.4. The summed E-state index contributed by atoms with van der Waals surface area (Å²) in [6, 6.07) is 0. The van der Waals surface area contributed by atoms with Crippen molar-refractivity contribution in [3.8, 4) is 0 Å². The summed E-state index contributed by atoms with van der Waals surface area (Å²) in [6.07, 6.45) is 1.08. The third kappa shape index (κ3) is 1.85. The molecule has 0 aliphatic rings. The number of hydrogen-bond donors (Lipinski definition) is 1. The third-order valence-corrected chi connectivity index (χ3v) is 1.63. The van der Waals surface area contributed by atoms with Gasteiger partial charge in [0.15, 0.2) is 0 Å². The molecule has 72 valence electrons. The SMILES string of the molecule is CC(C)(CF)c1ncc(C(=O)O)o1. The van der Waals surface area contributed by atoms with Gasteiger partial charge in [-0.25, -0.2) is 14.2 Å². The first-order valence-corrected chi connectivity index (χ1v) is 3.73. The molecule has 0 saturated carbocycles. The van der Waals surface area contributed by atoms with Crippen LogP contribution < -0.4 is 0 Å². The van der Waals surface area contributed by atoms with Crippen molar-refractivity contribution in [3.63, 3.8) is 0 Å². The van der Waals surface area contributed by atoms with E-state index in [-0.39, 0.29) is 11.7 Å². The van der Waals surface area contributed by atoms with E-state index in [0.29, 0.717) is 0 Å². The van der Waals surface area contributed by atoms with Crippen LogP contribution in [0.1, 0.15) is 30.3 Å². The number of halogens is 1. The normalized spacial score (nSPS) is 11.6. The van der Waals surface area contributed by atoms with E-state index < -0.39 is 18.1 Å². The number of alkyl halides is 1. The topological polar surface area (TPSA) is 63.3 Å². The van der Waals surface area contributed by atoms with Gasteiger partial charge in [0.05, 0.1) is 11.6 Å². The summed E-state index contributed by atoms with van der Waals surface area (Å²) in [5.41, 5.74) is -0.867. The van der Waals surface area contributed by atoms with E-state index in [4.69, 9.17) is 9.52 Å². The number of carboxylic acids is 1. The molecule has 0 aromatic carbocycles. The Balaban J connectivity index is 2.98. The predicted octanol–water partition coefficient (Wildman–Crippen LogP) is 1.62. The summed E-state index contributed by atoms with van der Waals surface area (Å²) in [5.74, 6) is -1.36. The summed E-state index contributed by atoms with van der Waals surface area (Å²) in [4.78, 5) is 14.1. The number of rotatable bonds is 3. The quantitative estimate of drug-likeness (QED) is 0.780. The van der Waals surface area contributed by atoms with Crippen molar-refractivity contribution in [2.75, 3.05) is 6.67 Å². The average molecular weight is 187 g/mol. The molecule has 1 rings (SSSR count). The van der Waals surface area contributed by atoms with E-state index in [1.54, 1.807) is 13.8 Å². The van der Waals surface area contributed by atoms with Crippen LogP contribution >= 0.6 is 0 Å². The molecule has 1 aromatic rings. The molecule has 0 bridgehead atoms. The van der Waals surface area contributed by atoms with Gasteiger partial charge in [0.1, 0.15) is 6.67 Å². The molecular weight excluding hydrogens is 177 g/mol. The number of carboxylic acid groups (broad SMARTS) is 1. The Bertz CT molecular complexity index is 319. The molecule has 4 nitrogen and oxygen atoms in total. The Morgan fingerprint density at radius 3 is 2.77 bits per heavy atom. The summed E-state index contributed by atoms with van der Waals surface area (Å²) in [7, 11) is 0. The molecule has 0 spiro atoms. The fourth-order valence-corrected chi connectivity index (χ4v) is 0.743. The van der Waals surface area contributed by atoms with Crippen LogP contribution in [0.2, 0.25) is 0 Å². The summed E-state index contributed by atoms with van der Waals surface area (Å²) in [5, 5.41) is 8.51. The van der Waals surface area contributed by atoms with E-state index in [9.17, 15) is 9.18 Å². The highest BCUT2D eigenvalue weighted by Gasteiger charge is 2.27. The minimum Gasteiger partial charge on any atom is -0.475 e. The first-order valence-electron chi connectivity index (χ1n) is 3.73. The van der Waals surface area contributed by atoms with Crippen LogP contribution in [0.15, 0.2) is 10.6 Å². The van der Waals surface area contributed by atoms with Crippen LogP contribution in [0, 0.1) is 0 Å². The summed E-state index contributed by atoms with van der Waals surface area (Å²) < 4.78 is 17.3. The second kappa shape index (κ2) is 3.16. The van der Waals surface area contributed by atoms with Gasteiger partial charge < -0.3 is 9.52 Å². The van der Waals surface area contributed by atoms with Crippen LogP contribution in [0.25, 0.3) is 0 Å². The van der Waals surface area contributed by atoms with Crippen molar-refractivity contribution in [3.05, 3.63) is 17.8 Å². The Morgan fingerprint density at radius 1 is 1.77 bits per heavy atom. The molecule has 13 heavy (non-hydrogen) atoms. The van der Waals surface area contributed by atoms with Crippen LogP contribution in [-0.2, 0) is 5.41 Å². The van der Waals surface area contributed by atoms with E-state index in [1.807, 2.05) is 0 Å². The number of aromatic carboxylic acids is 1. The van der Waals surface area contributed by atoms with Gasteiger partial charge in [-0.1, -0.05) is 0 Å². The van der Waals surface area contributed by atoms with E-state index >= 15 is 0 Å². The van der Waals surface area contributed by atoms with Gasteiger partial charge >= 0.3 is 5.97 Å². The molecule has 0 unspecified atom stereocenters. The molecule has 1 heterocycles. The molecule has 0 atom stereocenters. The minimum absolute atomic E-state index is 0.104. The third-order valence-electron chi connectivity index (χ3n) is 1.63. The predicted molar refractivity (Wildman–Crippen MR) is 42.5 cm³/mol. The van der Waals surface area contributed by atoms with Gasteiger partial charge in [0, 0.05) is 0 Å². The zero-order chi connectivity index (χ0) is 10.1. The van der Waals surface area contributed by atoms with Crippen LogP contribution in [0.4, 0.5) is 4.39 Å². The molecule has 0 amide bonds. The first-order chi connectivity index (χ1) is 5.97. The molecule has 0 aliphatic heterocycles. The molecule has 0 radical (unpaired) electrons. The lowest BCUT2D eigenvalue weighted by molar-refractivity contribution is 0.0657. The highest BCUT2D eigenvalue weighted by molar-refractivity contribution is 5.83. The smallest absolute Gasteiger partial charge is 0.373 e. The molecular formula is C8H10FNO3. The highest BCUT2D eigenvalue weighted by Crippen LogP contribution is 2.22. The standard InChI is InChI=1S/C8H10FNO3/c1-8(2,4-9)7-10-3-5(13-7)6(11)12/h3H,4H2,1-2H3,(H,11,12). The zero-order valence-electron chi connectivity index (χ0n) is 7.37. The number of nitrogens with zero attached hydrogens (tertiary/aromatic N) is 1. The van der Waals surface area contributed by atoms with E-state index in [0.717, 1.165) is 6.20 Å². The fraction of sp³-hybridized carbons (Fsp3) is 0.500. The first kappa shape index (κ1) is 9.70. The number of aromatic nitrogens is 1. The van der Waals surface area contributed by atoms with E-state index in [1.165, 1.54) is 0 Å². The fourth-order valence-electron chi connectivity index (χ4n) is 0.743. The Morgan fingerprint density at radius 2 is 2.38 bits per heavy atom. The maximum absolute atomic E-state index is 12.4. The number of oxazole rings is 1. The Labute approximate surface area is 74.4 Å². The second-order valence-corrected chi connectivity index (χ2v) is 3.35. The molecule has 0 saturated heterocycles. The molecule has 1 aromatic heterocycles. The van der Waals surface area contributed by atoms with Crippen molar-refractivity contribution < 1.29 is 18.7 Å². The summed E-state index contributed by atoms with van der Waals surface area (Å²) >= 11 is 0.